The van der Waals surface area contributed by atoms with E-state index in [-0.39, 0.29) is 11.2 Å². The van der Waals surface area contributed by atoms with Crippen LogP contribution < -0.4 is 10.2 Å². The fraction of sp³-hybridized carbons (Fsp3) is 0.200. The van der Waals surface area contributed by atoms with Gasteiger partial charge in [0.25, 0.3) is 0 Å². The summed E-state index contributed by atoms with van der Waals surface area (Å²) < 4.78 is 2.00. The van der Waals surface area contributed by atoms with Crippen LogP contribution in [-0.4, -0.2) is 45.0 Å². The first-order valence-electron chi connectivity index (χ1n) is 10.6. The summed E-state index contributed by atoms with van der Waals surface area (Å²) in [5.41, 5.74) is 4.81. The molecule has 2 aromatic carbocycles. The molecule has 1 N–H and O–H groups in total. The first kappa shape index (κ1) is 22.5. The molecule has 0 aliphatic carbocycles. The van der Waals surface area contributed by atoms with Gasteiger partial charge in [0.1, 0.15) is 0 Å². The van der Waals surface area contributed by atoms with Crippen molar-refractivity contribution in [1.82, 2.24) is 19.7 Å². The monoisotopic (exact) mass is 458 g/mol. The largest absolute Gasteiger partial charge is 0.378 e. The van der Waals surface area contributed by atoms with E-state index in [1.54, 1.807) is 12.4 Å². The summed E-state index contributed by atoms with van der Waals surface area (Å²) in [6.45, 7) is 3.92. The van der Waals surface area contributed by atoms with E-state index in [1.807, 2.05) is 98.1 Å². The highest BCUT2D eigenvalue weighted by Gasteiger charge is 2.22. The molecule has 2 aromatic heterocycles. The van der Waals surface area contributed by atoms with Gasteiger partial charge in [-0.3, -0.25) is 14.3 Å². The molecule has 0 aliphatic rings. The lowest BCUT2D eigenvalue weighted by molar-refractivity contribution is -0.115. The van der Waals surface area contributed by atoms with E-state index < -0.39 is 0 Å². The third-order valence-corrected chi connectivity index (χ3v) is 6.27. The normalized spacial score (nSPS) is 11.8. The van der Waals surface area contributed by atoms with Crippen molar-refractivity contribution >= 4 is 29.0 Å². The molecule has 1 atom stereocenters. The van der Waals surface area contributed by atoms with E-state index in [0.717, 1.165) is 28.2 Å². The van der Waals surface area contributed by atoms with E-state index in [1.165, 1.54) is 11.8 Å². The lowest BCUT2D eigenvalue weighted by Gasteiger charge is -2.16. The number of amides is 1. The van der Waals surface area contributed by atoms with Gasteiger partial charge >= 0.3 is 0 Å². The summed E-state index contributed by atoms with van der Waals surface area (Å²) in [7, 11) is 3.97. The number of para-hydroxylation sites is 1. The fourth-order valence-electron chi connectivity index (χ4n) is 3.36. The molecular weight excluding hydrogens is 432 g/mol. The lowest BCUT2D eigenvalue weighted by Crippen LogP contribution is -2.23. The van der Waals surface area contributed by atoms with Crippen LogP contribution in [0.3, 0.4) is 0 Å². The van der Waals surface area contributed by atoms with Crippen LogP contribution >= 0.6 is 11.8 Å². The van der Waals surface area contributed by atoms with Crippen molar-refractivity contribution in [2.45, 2.75) is 24.3 Å². The maximum Gasteiger partial charge on any atom is 0.237 e. The summed E-state index contributed by atoms with van der Waals surface area (Å²) in [6, 6.07) is 19.6. The molecule has 4 rings (SSSR count). The number of hydrogen-bond donors (Lipinski definition) is 1. The van der Waals surface area contributed by atoms with Crippen molar-refractivity contribution in [1.29, 1.82) is 0 Å². The van der Waals surface area contributed by atoms with Gasteiger partial charge in [-0.05, 0) is 61.9 Å². The Kier molecular flexibility index (Phi) is 6.74. The molecule has 0 saturated heterocycles. The predicted octanol–water partition coefficient (Wildman–Crippen LogP) is 4.82. The minimum Gasteiger partial charge on any atom is -0.378 e. The molecule has 7 nitrogen and oxygen atoms in total. The zero-order chi connectivity index (χ0) is 23.4. The van der Waals surface area contributed by atoms with Crippen molar-refractivity contribution in [3.63, 3.8) is 0 Å². The molecular formula is C25H26N6OS. The molecule has 0 unspecified atom stereocenters. The van der Waals surface area contributed by atoms with Gasteiger partial charge in [0.2, 0.25) is 5.91 Å². The van der Waals surface area contributed by atoms with Crippen LogP contribution in [0.2, 0.25) is 0 Å². The van der Waals surface area contributed by atoms with Gasteiger partial charge in [0.05, 0.1) is 10.9 Å². The van der Waals surface area contributed by atoms with Gasteiger partial charge in [0.15, 0.2) is 11.0 Å². The molecule has 4 aromatic rings. The van der Waals surface area contributed by atoms with E-state index in [2.05, 4.69) is 20.5 Å². The number of nitrogens with zero attached hydrogens (tertiary/aromatic N) is 5. The van der Waals surface area contributed by atoms with Crippen molar-refractivity contribution in [3.05, 3.63) is 78.6 Å². The van der Waals surface area contributed by atoms with Crippen LogP contribution in [0.5, 0.6) is 0 Å². The number of pyridine rings is 1. The van der Waals surface area contributed by atoms with Crippen LogP contribution in [0.1, 0.15) is 12.5 Å². The number of rotatable bonds is 7. The number of carbonyl (C=O) groups excluding carboxylic acids is 1. The first-order valence-corrected chi connectivity index (χ1v) is 11.5. The average molecular weight is 459 g/mol. The Hall–Kier alpha value is -3.65. The van der Waals surface area contributed by atoms with E-state index in [9.17, 15) is 4.79 Å². The highest BCUT2D eigenvalue weighted by Crippen LogP contribution is 2.31. The zero-order valence-corrected chi connectivity index (χ0v) is 19.9. The topological polar surface area (TPSA) is 75.9 Å². The fourth-order valence-corrected chi connectivity index (χ4v) is 4.22. The average Bonchev–Trinajstić information content (AvgIpc) is 3.23. The predicted molar refractivity (Wildman–Crippen MR) is 134 cm³/mol. The van der Waals surface area contributed by atoms with Gasteiger partial charge in [-0.25, -0.2) is 0 Å². The van der Waals surface area contributed by atoms with Crippen molar-refractivity contribution in [2.24, 2.45) is 0 Å². The molecule has 1 amide bonds. The zero-order valence-electron chi connectivity index (χ0n) is 19.1. The van der Waals surface area contributed by atoms with Gasteiger partial charge in [-0.2, -0.15) is 0 Å². The molecule has 0 radical (unpaired) electrons. The number of thioether (sulfide) groups is 1. The third kappa shape index (κ3) is 5.06. The summed E-state index contributed by atoms with van der Waals surface area (Å²) in [4.78, 5) is 19.0. The summed E-state index contributed by atoms with van der Waals surface area (Å²) in [6.07, 6.45) is 3.47. The molecule has 33 heavy (non-hydrogen) atoms. The van der Waals surface area contributed by atoms with E-state index in [0.29, 0.717) is 11.0 Å². The Balaban J connectivity index is 1.60. The molecule has 8 heteroatoms. The number of aryl methyl sites for hydroxylation is 1. The minimum atomic E-state index is -0.379. The first-order chi connectivity index (χ1) is 15.9. The Bertz CT molecular complexity index is 1240. The minimum absolute atomic E-state index is 0.0950. The maximum atomic E-state index is 12.9. The van der Waals surface area contributed by atoms with Crippen LogP contribution in [0.4, 0.5) is 11.4 Å². The van der Waals surface area contributed by atoms with Gasteiger partial charge in [-0.15, -0.1) is 10.2 Å². The Morgan fingerprint density at radius 3 is 2.36 bits per heavy atom. The quantitative estimate of drug-likeness (QED) is 0.400. The highest BCUT2D eigenvalue weighted by molar-refractivity contribution is 8.00. The SMILES string of the molecule is Cc1ccccc1-n1c(S[C@@H](C)C(=O)Nc2ccc(N(C)C)cc2)nnc1-c1ccncc1. The van der Waals surface area contributed by atoms with E-state index in [4.69, 9.17) is 0 Å². The Labute approximate surface area is 197 Å². The molecule has 0 spiro atoms. The van der Waals surface area contributed by atoms with Crippen LogP contribution in [0.25, 0.3) is 17.1 Å². The standard InChI is InChI=1S/C25H26N6OS/c1-17-7-5-6-8-22(17)31-23(19-13-15-26-16-14-19)28-29-25(31)33-18(2)24(32)27-20-9-11-21(12-10-20)30(3)4/h5-16,18H,1-4H3,(H,27,32)/t18-/m0/s1. The lowest BCUT2D eigenvalue weighted by atomic mass is 10.2. The van der Waals surface area contributed by atoms with Crippen LogP contribution in [-0.2, 0) is 4.79 Å². The Morgan fingerprint density at radius 1 is 1.00 bits per heavy atom. The van der Waals surface area contributed by atoms with Crippen molar-refractivity contribution < 1.29 is 4.79 Å². The highest BCUT2D eigenvalue weighted by atomic mass is 32.2. The molecule has 2 heterocycles. The van der Waals surface area contributed by atoms with Crippen molar-refractivity contribution in [2.75, 3.05) is 24.3 Å². The number of benzene rings is 2. The smallest absolute Gasteiger partial charge is 0.237 e. The third-order valence-electron chi connectivity index (χ3n) is 5.23. The van der Waals surface area contributed by atoms with Gasteiger partial charge in [0, 0.05) is 43.4 Å². The summed E-state index contributed by atoms with van der Waals surface area (Å²) in [5, 5.41) is 12.2. The second kappa shape index (κ2) is 9.87. The second-order valence-corrected chi connectivity index (χ2v) is 9.16. The van der Waals surface area contributed by atoms with Gasteiger partial charge < -0.3 is 10.2 Å². The Morgan fingerprint density at radius 2 is 1.70 bits per heavy atom. The number of carbonyl (C=O) groups is 1. The summed E-state index contributed by atoms with van der Waals surface area (Å²) in [5.74, 6) is 0.614. The van der Waals surface area contributed by atoms with E-state index >= 15 is 0 Å². The number of anilines is 2. The maximum absolute atomic E-state index is 12.9. The summed E-state index contributed by atoms with van der Waals surface area (Å²) >= 11 is 1.38. The second-order valence-electron chi connectivity index (χ2n) is 7.85. The molecule has 0 aliphatic heterocycles. The number of nitrogens with one attached hydrogen (secondary N) is 1. The number of aromatic nitrogens is 4. The number of hydrogen-bond acceptors (Lipinski definition) is 6. The molecule has 168 valence electrons. The molecule has 0 bridgehead atoms. The molecule has 0 fully saturated rings. The van der Waals surface area contributed by atoms with Crippen LogP contribution in [0.15, 0.2) is 78.2 Å². The van der Waals surface area contributed by atoms with Gasteiger partial charge in [-0.1, -0.05) is 30.0 Å². The molecule has 0 saturated carbocycles. The van der Waals surface area contributed by atoms with Crippen molar-refractivity contribution in [3.8, 4) is 17.1 Å². The van der Waals surface area contributed by atoms with Crippen LogP contribution in [0, 0.1) is 6.92 Å².